The van der Waals surface area contributed by atoms with Crippen LogP contribution in [0.3, 0.4) is 0 Å². The van der Waals surface area contributed by atoms with Crippen LogP contribution >= 0.6 is 15.9 Å². The van der Waals surface area contributed by atoms with Gasteiger partial charge >= 0.3 is 0 Å². The second-order valence-corrected chi connectivity index (χ2v) is 6.18. The molecule has 0 amide bonds. The van der Waals surface area contributed by atoms with Gasteiger partial charge in [-0.15, -0.1) is 0 Å². The van der Waals surface area contributed by atoms with E-state index in [2.05, 4.69) is 15.9 Å². The van der Waals surface area contributed by atoms with E-state index in [9.17, 15) is 0 Å². The third-order valence-corrected chi connectivity index (χ3v) is 3.95. The number of rotatable bonds is 9. The summed E-state index contributed by atoms with van der Waals surface area (Å²) in [5, 5.41) is 0. The molecular formula is C20H23BrO3. The van der Waals surface area contributed by atoms with Crippen molar-refractivity contribution in [2.24, 2.45) is 0 Å². The fourth-order valence-corrected chi connectivity index (χ4v) is 2.47. The molecule has 0 bridgehead atoms. The van der Waals surface area contributed by atoms with E-state index in [0.717, 1.165) is 40.1 Å². The second kappa shape index (κ2) is 10.0. The van der Waals surface area contributed by atoms with Crippen molar-refractivity contribution >= 4 is 22.0 Å². The Morgan fingerprint density at radius 2 is 1.62 bits per heavy atom. The standard InChI is InChI=1S/C20H23BrO3/c1-3-6-16-7-12-19(20(15-16)22-2)24-14-5-4-13-23-18-10-8-17(21)9-11-18/h3,6-12,15H,4-5,13-14H2,1-2H3. The van der Waals surface area contributed by atoms with Crippen LogP contribution < -0.4 is 14.2 Å². The maximum Gasteiger partial charge on any atom is 0.161 e. The van der Waals surface area contributed by atoms with Gasteiger partial charge in [0.2, 0.25) is 0 Å². The SMILES string of the molecule is CC=Cc1ccc(OCCCCOc2ccc(Br)cc2)c(OC)c1. The number of allylic oxidation sites excluding steroid dienone is 1. The van der Waals surface area contributed by atoms with E-state index in [0.29, 0.717) is 13.2 Å². The fourth-order valence-electron chi connectivity index (χ4n) is 2.21. The van der Waals surface area contributed by atoms with Crippen molar-refractivity contribution in [2.45, 2.75) is 19.8 Å². The Bertz CT molecular complexity index is 650. The van der Waals surface area contributed by atoms with Crippen molar-refractivity contribution in [3.63, 3.8) is 0 Å². The quantitative estimate of drug-likeness (QED) is 0.511. The normalized spacial score (nSPS) is 10.8. The van der Waals surface area contributed by atoms with Crippen molar-refractivity contribution < 1.29 is 14.2 Å². The van der Waals surface area contributed by atoms with Crippen LogP contribution in [0.15, 0.2) is 53.0 Å². The molecule has 2 rings (SSSR count). The third kappa shape index (κ3) is 5.93. The summed E-state index contributed by atoms with van der Waals surface area (Å²) in [5.74, 6) is 2.43. The summed E-state index contributed by atoms with van der Waals surface area (Å²) in [7, 11) is 1.66. The fraction of sp³-hybridized carbons (Fsp3) is 0.300. The predicted molar refractivity (Wildman–Crippen MR) is 102 cm³/mol. The smallest absolute Gasteiger partial charge is 0.161 e. The zero-order chi connectivity index (χ0) is 17.2. The summed E-state index contributed by atoms with van der Waals surface area (Å²) < 4.78 is 18.0. The van der Waals surface area contributed by atoms with Crippen LogP contribution in [0.25, 0.3) is 6.08 Å². The number of methoxy groups -OCH3 is 1. The summed E-state index contributed by atoms with van der Waals surface area (Å²) in [6.45, 7) is 3.32. The molecule has 0 saturated carbocycles. The minimum absolute atomic E-state index is 0.642. The first-order valence-electron chi connectivity index (χ1n) is 8.05. The number of hydrogen-bond donors (Lipinski definition) is 0. The summed E-state index contributed by atoms with van der Waals surface area (Å²) >= 11 is 3.41. The summed E-state index contributed by atoms with van der Waals surface area (Å²) in [4.78, 5) is 0. The van der Waals surface area contributed by atoms with E-state index >= 15 is 0 Å². The molecule has 0 spiro atoms. The molecular weight excluding hydrogens is 368 g/mol. The first kappa shape index (κ1) is 18.4. The summed E-state index contributed by atoms with van der Waals surface area (Å²) in [6.07, 6.45) is 5.90. The van der Waals surface area contributed by atoms with Crippen LogP contribution in [0.1, 0.15) is 25.3 Å². The molecule has 3 nitrogen and oxygen atoms in total. The van der Waals surface area contributed by atoms with E-state index in [1.807, 2.05) is 61.5 Å². The highest BCUT2D eigenvalue weighted by Crippen LogP contribution is 2.28. The Kier molecular flexibility index (Phi) is 7.69. The van der Waals surface area contributed by atoms with E-state index in [1.165, 1.54) is 0 Å². The Morgan fingerprint density at radius 3 is 2.29 bits per heavy atom. The van der Waals surface area contributed by atoms with Crippen LogP contribution in [0.2, 0.25) is 0 Å². The number of hydrogen-bond acceptors (Lipinski definition) is 3. The molecule has 0 fully saturated rings. The van der Waals surface area contributed by atoms with E-state index in [4.69, 9.17) is 14.2 Å². The van der Waals surface area contributed by atoms with Gasteiger partial charge in [0, 0.05) is 4.47 Å². The molecule has 4 heteroatoms. The molecule has 0 aliphatic carbocycles. The number of halogens is 1. The Balaban J connectivity index is 1.71. The zero-order valence-corrected chi connectivity index (χ0v) is 15.7. The van der Waals surface area contributed by atoms with Gasteiger partial charge in [0.15, 0.2) is 11.5 Å². The molecule has 0 radical (unpaired) electrons. The zero-order valence-electron chi connectivity index (χ0n) is 14.1. The highest BCUT2D eigenvalue weighted by molar-refractivity contribution is 9.10. The second-order valence-electron chi connectivity index (χ2n) is 5.27. The molecule has 0 heterocycles. The molecule has 0 atom stereocenters. The van der Waals surface area contributed by atoms with Gasteiger partial charge in [0.25, 0.3) is 0 Å². The maximum absolute atomic E-state index is 5.82. The van der Waals surface area contributed by atoms with Gasteiger partial charge in [-0.1, -0.05) is 34.1 Å². The Hall–Kier alpha value is -1.94. The lowest BCUT2D eigenvalue weighted by atomic mass is 10.2. The van der Waals surface area contributed by atoms with Gasteiger partial charge in [0.05, 0.1) is 20.3 Å². The molecule has 128 valence electrons. The van der Waals surface area contributed by atoms with Crippen LogP contribution in [0, 0.1) is 0 Å². The molecule has 0 N–H and O–H groups in total. The van der Waals surface area contributed by atoms with Crippen molar-refractivity contribution in [3.8, 4) is 17.2 Å². The van der Waals surface area contributed by atoms with Gasteiger partial charge in [0.1, 0.15) is 5.75 Å². The highest BCUT2D eigenvalue weighted by atomic mass is 79.9. The summed E-state index contributed by atoms with van der Waals surface area (Å²) in [6, 6.07) is 13.8. The molecule has 0 aliphatic heterocycles. The number of ether oxygens (including phenoxy) is 3. The first-order chi connectivity index (χ1) is 11.7. The van der Waals surface area contributed by atoms with E-state index in [1.54, 1.807) is 7.11 Å². The molecule has 0 unspecified atom stereocenters. The Morgan fingerprint density at radius 1 is 0.917 bits per heavy atom. The van der Waals surface area contributed by atoms with Crippen LogP contribution in [-0.4, -0.2) is 20.3 Å². The first-order valence-corrected chi connectivity index (χ1v) is 8.84. The van der Waals surface area contributed by atoms with Crippen molar-refractivity contribution in [1.82, 2.24) is 0 Å². The molecule has 2 aromatic carbocycles. The Labute approximate surface area is 152 Å². The highest BCUT2D eigenvalue weighted by Gasteiger charge is 2.04. The van der Waals surface area contributed by atoms with E-state index in [-0.39, 0.29) is 0 Å². The predicted octanol–water partition coefficient (Wildman–Crippen LogP) is 5.73. The molecule has 24 heavy (non-hydrogen) atoms. The molecule has 0 aliphatic rings. The average molecular weight is 391 g/mol. The van der Waals surface area contributed by atoms with Gasteiger partial charge in [-0.2, -0.15) is 0 Å². The van der Waals surface area contributed by atoms with Crippen LogP contribution in [0.4, 0.5) is 0 Å². The van der Waals surface area contributed by atoms with Gasteiger partial charge in [-0.05, 0) is 61.7 Å². The topological polar surface area (TPSA) is 27.7 Å². The lowest BCUT2D eigenvalue weighted by Crippen LogP contribution is -2.03. The minimum Gasteiger partial charge on any atom is -0.494 e. The number of unbranched alkanes of at least 4 members (excludes halogenated alkanes) is 1. The largest absolute Gasteiger partial charge is 0.494 e. The lowest BCUT2D eigenvalue weighted by Gasteiger charge is -2.11. The molecule has 0 saturated heterocycles. The lowest BCUT2D eigenvalue weighted by molar-refractivity contribution is 0.258. The third-order valence-electron chi connectivity index (χ3n) is 3.43. The van der Waals surface area contributed by atoms with Crippen LogP contribution in [-0.2, 0) is 0 Å². The van der Waals surface area contributed by atoms with E-state index < -0.39 is 0 Å². The van der Waals surface area contributed by atoms with Gasteiger partial charge in [-0.3, -0.25) is 0 Å². The maximum atomic E-state index is 5.82. The monoisotopic (exact) mass is 390 g/mol. The van der Waals surface area contributed by atoms with Crippen molar-refractivity contribution in [3.05, 3.63) is 58.6 Å². The molecule has 0 aromatic heterocycles. The van der Waals surface area contributed by atoms with Gasteiger partial charge < -0.3 is 14.2 Å². The van der Waals surface area contributed by atoms with Crippen LogP contribution in [0.5, 0.6) is 17.2 Å². The summed E-state index contributed by atoms with van der Waals surface area (Å²) in [5.41, 5.74) is 1.10. The van der Waals surface area contributed by atoms with Crippen molar-refractivity contribution in [1.29, 1.82) is 0 Å². The average Bonchev–Trinajstić information content (AvgIpc) is 2.60. The minimum atomic E-state index is 0.642. The molecule has 2 aromatic rings. The number of benzene rings is 2. The van der Waals surface area contributed by atoms with Gasteiger partial charge in [-0.25, -0.2) is 0 Å². The van der Waals surface area contributed by atoms with Crippen molar-refractivity contribution in [2.75, 3.05) is 20.3 Å².